The van der Waals surface area contributed by atoms with Crippen LogP contribution in [0.2, 0.25) is 0 Å². The molecule has 3 rings (SSSR count). The van der Waals surface area contributed by atoms with Gasteiger partial charge in [-0.25, -0.2) is 4.79 Å². The van der Waals surface area contributed by atoms with E-state index >= 15 is 0 Å². The lowest BCUT2D eigenvalue weighted by Gasteiger charge is -2.11. The van der Waals surface area contributed by atoms with E-state index in [1.165, 1.54) is 4.57 Å². The second-order valence-corrected chi connectivity index (χ2v) is 5.98. The maximum Gasteiger partial charge on any atom is 0.337 e. The van der Waals surface area contributed by atoms with Crippen molar-refractivity contribution in [1.82, 2.24) is 14.0 Å². The van der Waals surface area contributed by atoms with E-state index in [-0.39, 0.29) is 11.4 Å². The molecule has 0 saturated carbocycles. The van der Waals surface area contributed by atoms with Crippen LogP contribution < -0.4 is 10.4 Å². The first-order valence-corrected chi connectivity index (χ1v) is 8.02. The number of phenols is 1. The van der Waals surface area contributed by atoms with E-state index in [1.54, 1.807) is 41.2 Å². The van der Waals surface area contributed by atoms with E-state index in [9.17, 15) is 9.90 Å². The smallest absolute Gasteiger partial charge is 0.337 e. The summed E-state index contributed by atoms with van der Waals surface area (Å²) in [7, 11) is 4.00. The molecule has 0 saturated heterocycles. The van der Waals surface area contributed by atoms with Crippen molar-refractivity contribution in [3.8, 4) is 22.9 Å². The average Bonchev–Trinajstić information content (AvgIpc) is 2.97. The fraction of sp³-hybridized carbons (Fsp3) is 0.211. The van der Waals surface area contributed by atoms with Crippen molar-refractivity contribution >= 4 is 0 Å². The van der Waals surface area contributed by atoms with Crippen molar-refractivity contribution < 1.29 is 9.84 Å². The molecule has 0 fully saturated rings. The molecule has 0 aliphatic heterocycles. The second kappa shape index (κ2) is 7.27. The fourth-order valence-electron chi connectivity index (χ4n) is 2.43. The number of benzene rings is 2. The highest BCUT2D eigenvalue weighted by Crippen LogP contribution is 2.16. The molecule has 0 radical (unpaired) electrons. The Kier molecular flexibility index (Phi) is 4.90. The Bertz CT molecular complexity index is 878. The van der Waals surface area contributed by atoms with Gasteiger partial charge in [-0.2, -0.15) is 0 Å². The minimum absolute atomic E-state index is 0.168. The van der Waals surface area contributed by atoms with Crippen LogP contribution in [0.3, 0.4) is 0 Å². The Morgan fingerprint density at radius 2 is 1.44 bits per heavy atom. The van der Waals surface area contributed by atoms with Crippen molar-refractivity contribution in [2.45, 2.75) is 0 Å². The van der Waals surface area contributed by atoms with Gasteiger partial charge in [-0.1, -0.05) is 0 Å². The lowest BCUT2D eigenvalue weighted by Crippen LogP contribution is -2.21. The maximum atomic E-state index is 12.6. The van der Waals surface area contributed by atoms with Crippen LogP contribution in [0.5, 0.6) is 11.5 Å². The van der Waals surface area contributed by atoms with Crippen LogP contribution in [0.25, 0.3) is 11.4 Å². The largest absolute Gasteiger partial charge is 0.508 e. The first-order valence-electron chi connectivity index (χ1n) is 8.02. The number of hydrogen-bond acceptors (Lipinski definition) is 4. The van der Waals surface area contributed by atoms with Crippen LogP contribution in [0, 0.1) is 0 Å². The zero-order valence-corrected chi connectivity index (χ0v) is 14.3. The van der Waals surface area contributed by atoms with Crippen LogP contribution in [-0.2, 0) is 0 Å². The first-order chi connectivity index (χ1) is 12.0. The molecule has 3 aromatic rings. The van der Waals surface area contributed by atoms with Crippen molar-refractivity contribution in [3.63, 3.8) is 0 Å². The van der Waals surface area contributed by atoms with Crippen LogP contribution >= 0.6 is 0 Å². The predicted octanol–water partition coefficient (Wildman–Crippen LogP) is 2.27. The molecule has 0 bridgehead atoms. The summed E-state index contributed by atoms with van der Waals surface area (Å²) in [5, 5.41) is 9.37. The molecule has 130 valence electrons. The Labute approximate surface area is 146 Å². The summed E-state index contributed by atoms with van der Waals surface area (Å²) in [6.45, 7) is 1.46. The normalized spacial score (nSPS) is 11.0. The van der Waals surface area contributed by atoms with Crippen molar-refractivity contribution in [2.24, 2.45) is 0 Å². The van der Waals surface area contributed by atoms with Gasteiger partial charge in [0.05, 0.1) is 11.4 Å². The standard InChI is InChI=1S/C19H21N3O3/c1-20(2)13-14-25-18-9-5-16(6-10-18)22-12-11-21(19(22)24)15-3-7-17(23)8-4-15/h3-12,23H,13-14H2,1-2H3. The summed E-state index contributed by atoms with van der Waals surface area (Å²) in [4.78, 5) is 14.7. The van der Waals surface area contributed by atoms with Crippen LogP contribution in [0.15, 0.2) is 65.7 Å². The number of nitrogens with zero attached hydrogens (tertiary/aromatic N) is 3. The highest BCUT2D eigenvalue weighted by molar-refractivity contribution is 5.40. The molecular weight excluding hydrogens is 318 g/mol. The highest BCUT2D eigenvalue weighted by atomic mass is 16.5. The number of aromatic nitrogens is 2. The Morgan fingerprint density at radius 1 is 0.920 bits per heavy atom. The van der Waals surface area contributed by atoms with Gasteiger partial charge in [0.2, 0.25) is 0 Å². The van der Waals surface area contributed by atoms with E-state index < -0.39 is 0 Å². The molecule has 0 aliphatic rings. The van der Waals surface area contributed by atoms with Gasteiger partial charge in [0.15, 0.2) is 0 Å². The molecule has 2 aromatic carbocycles. The molecule has 0 spiro atoms. The first kappa shape index (κ1) is 16.9. The van der Waals surface area contributed by atoms with Gasteiger partial charge in [0.25, 0.3) is 0 Å². The van der Waals surface area contributed by atoms with E-state index in [2.05, 4.69) is 4.90 Å². The quantitative estimate of drug-likeness (QED) is 0.748. The molecule has 0 atom stereocenters. The van der Waals surface area contributed by atoms with Gasteiger partial charge in [-0.15, -0.1) is 0 Å². The Hall–Kier alpha value is -2.99. The minimum Gasteiger partial charge on any atom is -0.508 e. The topological polar surface area (TPSA) is 59.6 Å². The molecule has 0 amide bonds. The molecule has 6 heteroatoms. The summed E-state index contributed by atoms with van der Waals surface area (Å²) in [5.41, 5.74) is 1.29. The van der Waals surface area contributed by atoms with E-state index in [1.807, 2.05) is 38.4 Å². The molecule has 6 nitrogen and oxygen atoms in total. The summed E-state index contributed by atoms with van der Waals surface area (Å²) < 4.78 is 8.76. The SMILES string of the molecule is CN(C)CCOc1ccc(-n2ccn(-c3ccc(O)cc3)c2=O)cc1. The van der Waals surface area contributed by atoms with Gasteiger partial charge in [0, 0.05) is 18.9 Å². The summed E-state index contributed by atoms with van der Waals surface area (Å²) >= 11 is 0. The van der Waals surface area contributed by atoms with Gasteiger partial charge >= 0.3 is 5.69 Å². The maximum absolute atomic E-state index is 12.6. The second-order valence-electron chi connectivity index (χ2n) is 5.98. The number of likely N-dealkylation sites (N-methyl/N-ethyl adjacent to an activating group) is 1. The monoisotopic (exact) mass is 339 g/mol. The van der Waals surface area contributed by atoms with Crippen LogP contribution in [-0.4, -0.2) is 46.4 Å². The minimum atomic E-state index is -0.174. The van der Waals surface area contributed by atoms with Crippen molar-refractivity contribution in [2.75, 3.05) is 27.2 Å². The van der Waals surface area contributed by atoms with Gasteiger partial charge in [0.1, 0.15) is 18.1 Å². The van der Waals surface area contributed by atoms with Gasteiger partial charge in [-0.3, -0.25) is 9.13 Å². The number of ether oxygens (including phenoxy) is 1. The summed E-state index contributed by atoms with van der Waals surface area (Å²) in [6.07, 6.45) is 3.42. The molecule has 25 heavy (non-hydrogen) atoms. The summed E-state index contributed by atoms with van der Waals surface area (Å²) in [5.74, 6) is 0.942. The third-order valence-corrected chi connectivity index (χ3v) is 3.83. The van der Waals surface area contributed by atoms with Crippen LogP contribution in [0.4, 0.5) is 0 Å². The number of imidazole rings is 1. The number of aromatic hydroxyl groups is 1. The van der Waals surface area contributed by atoms with Gasteiger partial charge in [-0.05, 0) is 62.6 Å². The third-order valence-electron chi connectivity index (χ3n) is 3.83. The van der Waals surface area contributed by atoms with Crippen LogP contribution in [0.1, 0.15) is 0 Å². The fourth-order valence-corrected chi connectivity index (χ4v) is 2.43. The highest BCUT2D eigenvalue weighted by Gasteiger charge is 2.07. The number of hydrogen-bond donors (Lipinski definition) is 1. The average molecular weight is 339 g/mol. The number of rotatable bonds is 6. The van der Waals surface area contributed by atoms with E-state index in [0.717, 1.165) is 18.0 Å². The van der Waals surface area contributed by atoms with E-state index in [0.29, 0.717) is 12.3 Å². The Balaban J connectivity index is 1.78. The molecule has 1 heterocycles. The zero-order valence-electron chi connectivity index (χ0n) is 14.3. The van der Waals surface area contributed by atoms with Gasteiger partial charge < -0.3 is 14.7 Å². The molecule has 1 aromatic heterocycles. The van der Waals surface area contributed by atoms with Crippen molar-refractivity contribution in [1.29, 1.82) is 0 Å². The lowest BCUT2D eigenvalue weighted by atomic mass is 10.3. The number of phenolic OH excluding ortho intramolecular Hbond substituents is 1. The lowest BCUT2D eigenvalue weighted by molar-refractivity contribution is 0.261. The van der Waals surface area contributed by atoms with Crippen molar-refractivity contribution in [3.05, 3.63) is 71.4 Å². The molecular formula is C19H21N3O3. The zero-order chi connectivity index (χ0) is 17.8. The van der Waals surface area contributed by atoms with E-state index in [4.69, 9.17) is 4.74 Å². The summed E-state index contributed by atoms with van der Waals surface area (Å²) in [6, 6.07) is 13.9. The Morgan fingerprint density at radius 3 is 1.96 bits per heavy atom. The molecule has 0 aliphatic carbocycles. The molecule has 0 unspecified atom stereocenters. The molecule has 1 N–H and O–H groups in total. The predicted molar refractivity (Wildman–Crippen MR) is 97.1 cm³/mol. The third kappa shape index (κ3) is 3.92.